The van der Waals surface area contributed by atoms with E-state index in [2.05, 4.69) is 99.2 Å². The molecule has 0 saturated carbocycles. The molecule has 11 rings (SSSR count). The summed E-state index contributed by atoms with van der Waals surface area (Å²) in [5.41, 5.74) is 14.0. The Labute approximate surface area is 434 Å². The Morgan fingerprint density at radius 1 is 0.548 bits per heavy atom. The fourth-order valence-corrected chi connectivity index (χ4v) is 12.4. The molecule has 73 heavy (non-hydrogen) atoms. The van der Waals surface area contributed by atoms with Gasteiger partial charge in [0.15, 0.2) is 9.84 Å². The van der Waals surface area contributed by atoms with Crippen molar-refractivity contribution in [3.8, 4) is 11.1 Å². The molecule has 2 aliphatic heterocycles. The first-order chi connectivity index (χ1) is 34.7. The molecule has 0 bridgehead atoms. The zero-order valence-electron chi connectivity index (χ0n) is 42.1. The van der Waals surface area contributed by atoms with E-state index in [9.17, 15) is 25.3 Å². The number of aryl methyl sites for hydroxylation is 3. The molecule has 1 N–H and O–H groups in total. The summed E-state index contributed by atoms with van der Waals surface area (Å²) >= 11 is 6.15. The number of hydrogen-bond donors (Lipinski definition) is 1. The number of aliphatic hydroxyl groups excluding tert-OH is 1. The van der Waals surface area contributed by atoms with Crippen LogP contribution in [0.25, 0.3) is 33.2 Å². The molecule has 2 saturated heterocycles. The second-order valence-corrected chi connectivity index (χ2v) is 25.5. The number of anilines is 1. The van der Waals surface area contributed by atoms with Crippen molar-refractivity contribution in [3.63, 3.8) is 0 Å². The van der Waals surface area contributed by atoms with Crippen LogP contribution in [0.2, 0.25) is 5.02 Å². The van der Waals surface area contributed by atoms with Crippen molar-refractivity contribution in [1.82, 2.24) is 26.2 Å². The molecule has 0 radical (unpaired) electrons. The zero-order valence-corrected chi connectivity index (χ0v) is 45.3. The van der Waals surface area contributed by atoms with Crippen LogP contribution in [0.3, 0.4) is 0 Å². The van der Waals surface area contributed by atoms with Crippen LogP contribution >= 0.6 is 11.6 Å². The molecule has 386 valence electrons. The third-order valence-corrected chi connectivity index (χ3v) is 17.3. The van der Waals surface area contributed by atoms with Crippen molar-refractivity contribution in [2.45, 2.75) is 50.8 Å². The zero-order chi connectivity index (χ0) is 52.2. The van der Waals surface area contributed by atoms with E-state index in [1.807, 2.05) is 78.6 Å². The summed E-state index contributed by atoms with van der Waals surface area (Å²) in [6.45, 7) is 10.1. The van der Waals surface area contributed by atoms with Gasteiger partial charge in [-0.3, -0.25) is 0 Å². The molecule has 0 spiro atoms. The second kappa shape index (κ2) is 22.3. The summed E-state index contributed by atoms with van der Waals surface area (Å²) in [5, 5.41) is 9.57. The summed E-state index contributed by atoms with van der Waals surface area (Å²) in [6.07, 6.45) is 22.5. The number of fused-ring (bicyclic) bond motifs is 4. The number of hydrogen-bond acceptors (Lipinski definition) is 8. The Kier molecular flexibility index (Phi) is 16.3. The van der Waals surface area contributed by atoms with Crippen molar-refractivity contribution in [1.29, 1.82) is 0 Å². The number of sulfone groups is 1. The highest BCUT2D eigenvalue weighted by Gasteiger charge is 2.27. The molecule has 0 aliphatic carbocycles. The summed E-state index contributed by atoms with van der Waals surface area (Å²) < 4.78 is 80.7. The van der Waals surface area contributed by atoms with Crippen LogP contribution < -0.4 is 4.90 Å². The van der Waals surface area contributed by atoms with Crippen molar-refractivity contribution >= 4 is 69.2 Å². The monoisotopic (exact) mass is 1070 g/mol. The highest BCUT2D eigenvalue weighted by Crippen LogP contribution is 2.33. The van der Waals surface area contributed by atoms with E-state index in [1.165, 1.54) is 56.4 Å². The number of benzene rings is 1. The topological polar surface area (TPSA) is 150 Å². The van der Waals surface area contributed by atoms with Gasteiger partial charge in [-0.1, -0.05) is 35.9 Å². The first-order valence-corrected chi connectivity index (χ1v) is 30.2. The molecule has 1 aromatic carbocycles. The Morgan fingerprint density at radius 3 is 1.59 bits per heavy atom. The van der Waals surface area contributed by atoms with Gasteiger partial charge in [0, 0.05) is 118 Å². The molecule has 2 aliphatic rings. The maximum Gasteiger partial charge on any atom is 0.211 e. The Balaban J connectivity index is 0.000000131. The van der Waals surface area contributed by atoms with Crippen LogP contribution in [0.5, 0.6) is 0 Å². The van der Waals surface area contributed by atoms with Gasteiger partial charge in [0.05, 0.1) is 39.2 Å². The molecule has 0 unspecified atom stereocenters. The highest BCUT2D eigenvalue weighted by molar-refractivity contribution is 7.90. The summed E-state index contributed by atoms with van der Waals surface area (Å²) in [7, 11) is -9.29. The minimum Gasteiger partial charge on any atom is -0.396 e. The minimum absolute atomic E-state index is 0.213. The van der Waals surface area contributed by atoms with Crippen LogP contribution in [-0.4, -0.2) is 121 Å². The first kappa shape index (κ1) is 53.4. The lowest BCUT2D eigenvalue weighted by molar-refractivity contribution is 0.300. The SMILES string of the molecule is CS(=O)(=O)N1CCN(c2cc(Cl)cn3cccc23)CC1.Cc1cc(-c2ccc(S(C)(=O)=O)cc2)c2cccn2c1.Cc1cc(C2CCN(S(C)(=O)=O)CC2)c2cccn2c1.Cc1cc(CCO)c2cccn2c1. The lowest BCUT2D eigenvalue weighted by atomic mass is 9.89. The molecule has 10 heterocycles. The van der Waals surface area contributed by atoms with E-state index in [4.69, 9.17) is 16.7 Å². The van der Waals surface area contributed by atoms with Gasteiger partial charge >= 0.3 is 0 Å². The molecule has 2 fully saturated rings. The van der Waals surface area contributed by atoms with E-state index in [-0.39, 0.29) is 6.61 Å². The number of nitrogens with zero attached hydrogens (tertiary/aromatic N) is 7. The summed E-state index contributed by atoms with van der Waals surface area (Å²) in [5.74, 6) is 0.449. The quantitative estimate of drug-likeness (QED) is 0.158. The Hall–Kier alpha value is -5.92. The van der Waals surface area contributed by atoms with E-state index < -0.39 is 29.9 Å². The van der Waals surface area contributed by atoms with E-state index in [0.717, 1.165) is 52.7 Å². The van der Waals surface area contributed by atoms with E-state index in [1.54, 1.807) is 16.4 Å². The van der Waals surface area contributed by atoms with Crippen LogP contribution in [0.1, 0.15) is 46.6 Å². The molecule has 14 nitrogen and oxygen atoms in total. The molecule has 8 aromatic heterocycles. The average molecular weight is 1070 g/mol. The molecular weight excluding hydrogens is 1000 g/mol. The lowest BCUT2D eigenvalue weighted by Gasteiger charge is -2.35. The normalized spacial score (nSPS) is 15.2. The number of aromatic nitrogens is 4. The number of halogens is 1. The van der Waals surface area contributed by atoms with Gasteiger partial charge in [-0.15, -0.1) is 0 Å². The third-order valence-electron chi connectivity index (χ3n) is 13.4. The van der Waals surface area contributed by atoms with Crippen LogP contribution in [0.4, 0.5) is 5.69 Å². The first-order valence-electron chi connectivity index (χ1n) is 24.2. The van der Waals surface area contributed by atoms with Gasteiger partial charge in [0.1, 0.15) is 0 Å². The van der Waals surface area contributed by atoms with Crippen molar-refractivity contribution in [2.75, 3.05) is 69.5 Å². The number of sulfonamides is 2. The van der Waals surface area contributed by atoms with Crippen LogP contribution in [0.15, 0.2) is 152 Å². The molecule has 9 aromatic rings. The van der Waals surface area contributed by atoms with Crippen molar-refractivity contribution in [2.24, 2.45) is 0 Å². The van der Waals surface area contributed by atoms with E-state index in [0.29, 0.717) is 55.1 Å². The minimum atomic E-state index is -3.15. The lowest BCUT2D eigenvalue weighted by Crippen LogP contribution is -2.48. The summed E-state index contributed by atoms with van der Waals surface area (Å²) in [6, 6.07) is 31.8. The van der Waals surface area contributed by atoms with Crippen LogP contribution in [-0.2, 0) is 36.3 Å². The summed E-state index contributed by atoms with van der Waals surface area (Å²) in [4.78, 5) is 2.53. The van der Waals surface area contributed by atoms with Crippen molar-refractivity contribution < 1.29 is 30.4 Å². The number of pyridine rings is 4. The second-order valence-electron chi connectivity index (χ2n) is 19.0. The number of aliphatic hydroxyl groups is 1. The van der Waals surface area contributed by atoms with Gasteiger partial charge in [-0.25, -0.2) is 29.6 Å². The highest BCUT2D eigenvalue weighted by atomic mass is 35.5. The predicted octanol–water partition coefficient (Wildman–Crippen LogP) is 9.16. The molecule has 0 atom stereocenters. The molecular formula is C55H64ClN7O7S3. The van der Waals surface area contributed by atoms with E-state index >= 15 is 0 Å². The smallest absolute Gasteiger partial charge is 0.211 e. The largest absolute Gasteiger partial charge is 0.396 e. The van der Waals surface area contributed by atoms with Gasteiger partial charge in [-0.05, 0) is 152 Å². The standard InChI is InChI=1S/C16H15NO2S.C15H20N2O2S.C13H16ClN3O2S.C11H13NO/c1-12-10-15(16-4-3-9-17(16)11-12)13-5-7-14(8-6-13)20(2,18)19;1-12-10-14(15-4-3-7-16(15)11-12)13-5-8-17(9-6-13)20(2,18)19;1-20(18,19)17-7-5-15(6-8-17)13-9-11(14)10-16-4-2-3-12(13)16;1-9-7-10(4-6-13)11-3-2-5-12(11)8-9/h3-11H,1-2H3;3-4,7,10-11,13H,5-6,8-9H2,1-2H3;2-4,9-10H,5-8H2,1H3;2-3,5,7-8,13H,4,6H2,1H3. The fraction of sp³-hybridized carbons (Fsp3) is 0.309. The van der Waals surface area contributed by atoms with Gasteiger partial charge < -0.3 is 27.6 Å². The van der Waals surface area contributed by atoms with Gasteiger partial charge in [0.2, 0.25) is 20.0 Å². The average Bonchev–Trinajstić information content (AvgIpc) is 4.19. The Bertz CT molecular complexity index is 3590. The van der Waals surface area contributed by atoms with Crippen LogP contribution in [0, 0.1) is 20.8 Å². The van der Waals surface area contributed by atoms with Crippen molar-refractivity contribution in [3.05, 3.63) is 179 Å². The number of piperazine rings is 1. The molecule has 0 amide bonds. The number of rotatable bonds is 8. The van der Waals surface area contributed by atoms with Gasteiger partial charge in [-0.2, -0.15) is 4.31 Å². The maximum absolute atomic E-state index is 11.6. The maximum atomic E-state index is 11.6. The van der Waals surface area contributed by atoms with Gasteiger partial charge in [0.25, 0.3) is 0 Å². The molecule has 18 heteroatoms. The third kappa shape index (κ3) is 12.9. The number of piperidine rings is 1. The Morgan fingerprint density at radius 2 is 1.03 bits per heavy atom. The fourth-order valence-electron chi connectivity index (χ4n) is 9.88. The predicted molar refractivity (Wildman–Crippen MR) is 295 cm³/mol.